The van der Waals surface area contributed by atoms with Crippen LogP contribution in [0.5, 0.6) is 0 Å². The molecule has 0 radical (unpaired) electrons. The van der Waals surface area contributed by atoms with Crippen molar-refractivity contribution in [3.05, 3.63) is 47.9 Å². The molecule has 0 fully saturated rings. The SMILES string of the molecule is CSCc1nnc(SCc2coc(-c3cccc(F)c3)n2)o1. The molecule has 0 aliphatic carbocycles. The highest BCUT2D eigenvalue weighted by Crippen LogP contribution is 2.25. The molecule has 0 N–H and O–H groups in total. The van der Waals surface area contributed by atoms with Crippen LogP contribution in [0.4, 0.5) is 4.39 Å². The molecule has 3 rings (SSSR count). The van der Waals surface area contributed by atoms with Crippen LogP contribution in [0.15, 0.2) is 44.6 Å². The number of halogens is 1. The Morgan fingerprint density at radius 3 is 2.95 bits per heavy atom. The van der Waals surface area contributed by atoms with Crippen LogP contribution in [-0.2, 0) is 11.5 Å². The van der Waals surface area contributed by atoms with Gasteiger partial charge in [0.1, 0.15) is 12.1 Å². The monoisotopic (exact) mass is 337 g/mol. The Balaban J connectivity index is 1.64. The molecule has 22 heavy (non-hydrogen) atoms. The summed E-state index contributed by atoms with van der Waals surface area (Å²) in [5.41, 5.74) is 1.34. The quantitative estimate of drug-likeness (QED) is 0.629. The Bertz CT molecular complexity index is 760. The van der Waals surface area contributed by atoms with Gasteiger partial charge in [-0.2, -0.15) is 11.8 Å². The van der Waals surface area contributed by atoms with Gasteiger partial charge in [-0.05, 0) is 24.5 Å². The van der Waals surface area contributed by atoms with Crippen LogP contribution < -0.4 is 0 Å². The molecule has 0 saturated carbocycles. The van der Waals surface area contributed by atoms with Crippen LogP contribution in [0, 0.1) is 5.82 Å². The second-order valence-corrected chi connectivity index (χ2v) is 6.13. The minimum Gasteiger partial charge on any atom is -0.444 e. The van der Waals surface area contributed by atoms with Crippen LogP contribution in [0.25, 0.3) is 11.5 Å². The van der Waals surface area contributed by atoms with Crippen molar-refractivity contribution in [2.75, 3.05) is 6.26 Å². The van der Waals surface area contributed by atoms with E-state index in [1.165, 1.54) is 23.9 Å². The fraction of sp³-hybridized carbons (Fsp3) is 0.214. The average molecular weight is 337 g/mol. The van der Waals surface area contributed by atoms with Gasteiger partial charge < -0.3 is 8.83 Å². The summed E-state index contributed by atoms with van der Waals surface area (Å²) in [5.74, 6) is 1.92. The zero-order valence-electron chi connectivity index (χ0n) is 11.7. The predicted molar refractivity (Wildman–Crippen MR) is 83.0 cm³/mol. The fourth-order valence-corrected chi connectivity index (χ4v) is 2.76. The van der Waals surface area contributed by atoms with E-state index < -0.39 is 0 Å². The average Bonchev–Trinajstić information content (AvgIpc) is 3.15. The first kappa shape index (κ1) is 15.1. The van der Waals surface area contributed by atoms with Gasteiger partial charge in [-0.3, -0.25) is 0 Å². The van der Waals surface area contributed by atoms with E-state index in [1.54, 1.807) is 30.2 Å². The van der Waals surface area contributed by atoms with Gasteiger partial charge in [0.2, 0.25) is 11.8 Å². The van der Waals surface area contributed by atoms with Crippen LogP contribution in [0.2, 0.25) is 0 Å². The van der Waals surface area contributed by atoms with Crippen molar-refractivity contribution >= 4 is 23.5 Å². The Kier molecular flexibility index (Phi) is 4.79. The number of nitrogens with zero attached hydrogens (tertiary/aromatic N) is 3. The summed E-state index contributed by atoms with van der Waals surface area (Å²) >= 11 is 3.01. The smallest absolute Gasteiger partial charge is 0.276 e. The van der Waals surface area contributed by atoms with Gasteiger partial charge in [0.05, 0.1) is 11.4 Å². The van der Waals surface area contributed by atoms with Crippen LogP contribution in [-0.4, -0.2) is 21.4 Å². The van der Waals surface area contributed by atoms with Gasteiger partial charge in [0.15, 0.2) is 0 Å². The Hall–Kier alpha value is -1.80. The number of benzene rings is 1. The van der Waals surface area contributed by atoms with E-state index in [0.29, 0.717) is 34.1 Å². The largest absolute Gasteiger partial charge is 0.444 e. The van der Waals surface area contributed by atoms with E-state index in [9.17, 15) is 4.39 Å². The van der Waals surface area contributed by atoms with Gasteiger partial charge in [-0.1, -0.05) is 17.8 Å². The summed E-state index contributed by atoms with van der Waals surface area (Å²) in [6.07, 6.45) is 3.52. The Morgan fingerprint density at radius 1 is 1.23 bits per heavy atom. The minimum absolute atomic E-state index is 0.321. The maximum absolute atomic E-state index is 13.2. The highest BCUT2D eigenvalue weighted by Gasteiger charge is 2.10. The van der Waals surface area contributed by atoms with Crippen molar-refractivity contribution < 1.29 is 13.2 Å². The molecular formula is C14H12FN3O2S2. The van der Waals surface area contributed by atoms with Crippen molar-refractivity contribution in [3.8, 4) is 11.5 Å². The van der Waals surface area contributed by atoms with Gasteiger partial charge in [0.25, 0.3) is 5.22 Å². The van der Waals surface area contributed by atoms with Gasteiger partial charge in [-0.25, -0.2) is 9.37 Å². The first-order valence-electron chi connectivity index (χ1n) is 6.39. The topological polar surface area (TPSA) is 65.0 Å². The van der Waals surface area contributed by atoms with Crippen LogP contribution in [0.1, 0.15) is 11.6 Å². The van der Waals surface area contributed by atoms with Crippen LogP contribution >= 0.6 is 23.5 Å². The molecule has 0 unspecified atom stereocenters. The van der Waals surface area contributed by atoms with E-state index in [-0.39, 0.29) is 5.82 Å². The lowest BCUT2D eigenvalue weighted by atomic mass is 10.2. The van der Waals surface area contributed by atoms with E-state index in [0.717, 1.165) is 5.69 Å². The zero-order chi connectivity index (χ0) is 15.4. The lowest BCUT2D eigenvalue weighted by Gasteiger charge is -1.94. The zero-order valence-corrected chi connectivity index (χ0v) is 13.3. The molecule has 5 nitrogen and oxygen atoms in total. The third-order valence-corrected chi connectivity index (χ3v) is 4.07. The molecule has 0 amide bonds. The van der Waals surface area contributed by atoms with Gasteiger partial charge in [-0.15, -0.1) is 10.2 Å². The van der Waals surface area contributed by atoms with Crippen molar-refractivity contribution in [3.63, 3.8) is 0 Å². The van der Waals surface area contributed by atoms with E-state index in [1.807, 2.05) is 6.26 Å². The third kappa shape index (κ3) is 3.69. The Labute approximate surface area is 134 Å². The van der Waals surface area contributed by atoms with Crippen molar-refractivity contribution in [2.24, 2.45) is 0 Å². The number of oxazole rings is 1. The number of thioether (sulfide) groups is 2. The third-order valence-electron chi connectivity index (χ3n) is 2.68. The maximum Gasteiger partial charge on any atom is 0.276 e. The van der Waals surface area contributed by atoms with Crippen LogP contribution in [0.3, 0.4) is 0 Å². The molecule has 114 valence electrons. The van der Waals surface area contributed by atoms with Crippen molar-refractivity contribution in [1.29, 1.82) is 0 Å². The summed E-state index contributed by atoms with van der Waals surface area (Å²) < 4.78 is 24.0. The summed E-state index contributed by atoms with van der Waals surface area (Å²) in [4.78, 5) is 4.33. The molecule has 0 spiro atoms. The maximum atomic E-state index is 13.2. The summed E-state index contributed by atoms with van der Waals surface area (Å²) in [6.45, 7) is 0. The molecule has 2 heterocycles. The molecular weight excluding hydrogens is 325 g/mol. The molecule has 1 aromatic carbocycles. The van der Waals surface area contributed by atoms with Crippen molar-refractivity contribution in [2.45, 2.75) is 16.7 Å². The molecule has 0 saturated heterocycles. The molecule has 8 heteroatoms. The van der Waals surface area contributed by atoms with E-state index in [4.69, 9.17) is 8.83 Å². The molecule has 0 bridgehead atoms. The normalized spacial score (nSPS) is 11.0. The lowest BCUT2D eigenvalue weighted by Crippen LogP contribution is -1.83. The fourth-order valence-electron chi connectivity index (χ4n) is 1.74. The summed E-state index contributed by atoms with van der Waals surface area (Å²) in [5, 5.41) is 8.39. The number of hydrogen-bond donors (Lipinski definition) is 0. The van der Waals surface area contributed by atoms with E-state index >= 15 is 0 Å². The summed E-state index contributed by atoms with van der Waals surface area (Å²) in [7, 11) is 0. The van der Waals surface area contributed by atoms with Gasteiger partial charge >= 0.3 is 0 Å². The number of hydrogen-bond acceptors (Lipinski definition) is 7. The second-order valence-electron chi connectivity index (χ2n) is 4.34. The highest BCUT2D eigenvalue weighted by atomic mass is 32.2. The molecule has 0 aliphatic rings. The van der Waals surface area contributed by atoms with Gasteiger partial charge in [0, 0.05) is 11.3 Å². The molecule has 0 aliphatic heterocycles. The first-order valence-corrected chi connectivity index (χ1v) is 8.77. The molecule has 2 aromatic heterocycles. The standard InChI is InChI=1S/C14H12FN3O2S2/c1-21-8-12-17-18-14(20-12)22-7-11-6-19-13(16-11)9-3-2-4-10(15)5-9/h2-6H,7-8H2,1H3. The van der Waals surface area contributed by atoms with E-state index in [2.05, 4.69) is 15.2 Å². The highest BCUT2D eigenvalue weighted by molar-refractivity contribution is 7.98. The Morgan fingerprint density at radius 2 is 2.14 bits per heavy atom. The number of rotatable bonds is 6. The predicted octanol–water partition coefficient (Wildman–Crippen LogP) is 4.02. The molecule has 3 aromatic rings. The lowest BCUT2D eigenvalue weighted by molar-refractivity contribution is 0.426. The molecule has 0 atom stereocenters. The second kappa shape index (κ2) is 6.97. The first-order chi connectivity index (χ1) is 10.7. The summed E-state index contributed by atoms with van der Waals surface area (Å²) in [6, 6.07) is 6.13. The van der Waals surface area contributed by atoms with Crippen molar-refractivity contribution in [1.82, 2.24) is 15.2 Å². The number of aromatic nitrogens is 3. The minimum atomic E-state index is -0.321.